The van der Waals surface area contributed by atoms with Crippen molar-refractivity contribution in [2.75, 3.05) is 11.9 Å². The monoisotopic (exact) mass is 260 g/mol. The Bertz CT molecular complexity index is 289. The number of alkyl halides is 1. The van der Waals surface area contributed by atoms with E-state index < -0.39 is 0 Å². The van der Waals surface area contributed by atoms with Gasteiger partial charge in [0, 0.05) is 5.33 Å². The SMILES string of the molecule is Cc1cc(F)ccc1OCCCCBr. The fourth-order valence-corrected chi connectivity index (χ4v) is 1.55. The third-order valence-electron chi connectivity index (χ3n) is 1.92. The Morgan fingerprint density at radius 3 is 2.79 bits per heavy atom. The van der Waals surface area contributed by atoms with Crippen LogP contribution in [0.5, 0.6) is 5.75 Å². The van der Waals surface area contributed by atoms with Crippen LogP contribution in [0, 0.1) is 12.7 Å². The molecule has 1 aromatic carbocycles. The third kappa shape index (κ3) is 3.66. The van der Waals surface area contributed by atoms with Gasteiger partial charge >= 0.3 is 0 Å². The largest absolute Gasteiger partial charge is 0.493 e. The van der Waals surface area contributed by atoms with E-state index in [1.807, 2.05) is 6.92 Å². The molecule has 14 heavy (non-hydrogen) atoms. The van der Waals surface area contributed by atoms with Crippen molar-refractivity contribution in [2.45, 2.75) is 19.8 Å². The number of rotatable bonds is 5. The van der Waals surface area contributed by atoms with Crippen molar-refractivity contribution < 1.29 is 9.13 Å². The van der Waals surface area contributed by atoms with Gasteiger partial charge in [-0.15, -0.1) is 0 Å². The molecule has 0 heterocycles. The van der Waals surface area contributed by atoms with E-state index in [4.69, 9.17) is 4.74 Å². The summed E-state index contributed by atoms with van der Waals surface area (Å²) in [5, 5.41) is 0.999. The molecule has 0 bridgehead atoms. The first kappa shape index (κ1) is 11.5. The molecular formula is C11H14BrFO. The van der Waals surface area contributed by atoms with Gasteiger partial charge in [-0.05, 0) is 43.5 Å². The van der Waals surface area contributed by atoms with E-state index in [9.17, 15) is 4.39 Å². The smallest absolute Gasteiger partial charge is 0.123 e. The lowest BCUT2D eigenvalue weighted by molar-refractivity contribution is 0.307. The molecule has 1 rings (SSSR count). The number of hydrogen-bond donors (Lipinski definition) is 0. The van der Waals surface area contributed by atoms with Crippen LogP contribution in [0.2, 0.25) is 0 Å². The predicted molar refractivity (Wildman–Crippen MR) is 59.7 cm³/mol. The number of halogens is 2. The number of unbranched alkanes of at least 4 members (excludes halogenated alkanes) is 1. The minimum Gasteiger partial charge on any atom is -0.493 e. The highest BCUT2D eigenvalue weighted by atomic mass is 79.9. The molecule has 0 aliphatic rings. The van der Waals surface area contributed by atoms with Gasteiger partial charge < -0.3 is 4.74 Å². The standard InChI is InChI=1S/C11H14BrFO/c1-9-8-10(13)4-5-11(9)14-7-3-2-6-12/h4-5,8H,2-3,6-7H2,1H3. The minimum absolute atomic E-state index is 0.213. The topological polar surface area (TPSA) is 9.23 Å². The molecule has 0 N–H and O–H groups in total. The average molecular weight is 261 g/mol. The number of hydrogen-bond acceptors (Lipinski definition) is 1. The van der Waals surface area contributed by atoms with Gasteiger partial charge in [-0.3, -0.25) is 0 Å². The second kappa shape index (κ2) is 6.02. The number of ether oxygens (including phenoxy) is 1. The van der Waals surface area contributed by atoms with Crippen LogP contribution in [0.1, 0.15) is 18.4 Å². The van der Waals surface area contributed by atoms with Gasteiger partial charge in [-0.2, -0.15) is 0 Å². The summed E-state index contributed by atoms with van der Waals surface area (Å²) in [6.07, 6.45) is 2.11. The number of aryl methyl sites for hydroxylation is 1. The molecule has 3 heteroatoms. The van der Waals surface area contributed by atoms with Gasteiger partial charge in [-0.25, -0.2) is 4.39 Å². The van der Waals surface area contributed by atoms with Gasteiger partial charge in [0.2, 0.25) is 0 Å². The first-order chi connectivity index (χ1) is 6.74. The maximum Gasteiger partial charge on any atom is 0.123 e. The van der Waals surface area contributed by atoms with Crippen LogP contribution in [0.3, 0.4) is 0 Å². The summed E-state index contributed by atoms with van der Waals surface area (Å²) in [5.74, 6) is 0.566. The van der Waals surface area contributed by atoms with E-state index in [0.717, 1.165) is 29.5 Å². The van der Waals surface area contributed by atoms with Crippen LogP contribution in [0.25, 0.3) is 0 Å². The first-order valence-corrected chi connectivity index (χ1v) is 5.81. The molecule has 0 atom stereocenters. The maximum absolute atomic E-state index is 12.7. The predicted octanol–water partition coefficient (Wildman–Crippen LogP) is 3.69. The molecule has 0 saturated carbocycles. The molecular weight excluding hydrogens is 247 g/mol. The molecule has 0 aliphatic heterocycles. The summed E-state index contributed by atoms with van der Waals surface area (Å²) in [6.45, 7) is 2.54. The molecule has 0 spiro atoms. The summed E-state index contributed by atoms with van der Waals surface area (Å²) in [5.41, 5.74) is 0.851. The second-order valence-electron chi connectivity index (χ2n) is 3.15. The van der Waals surface area contributed by atoms with Crippen LogP contribution in [0.4, 0.5) is 4.39 Å². The molecule has 0 saturated heterocycles. The molecule has 1 nitrogen and oxygen atoms in total. The molecule has 0 radical (unpaired) electrons. The summed E-state index contributed by atoms with van der Waals surface area (Å²) >= 11 is 3.35. The number of benzene rings is 1. The summed E-state index contributed by atoms with van der Waals surface area (Å²) < 4.78 is 18.2. The van der Waals surface area contributed by atoms with Crippen LogP contribution < -0.4 is 4.74 Å². The van der Waals surface area contributed by atoms with Gasteiger partial charge in [-0.1, -0.05) is 15.9 Å². The summed E-state index contributed by atoms with van der Waals surface area (Å²) in [7, 11) is 0. The zero-order valence-electron chi connectivity index (χ0n) is 8.22. The van der Waals surface area contributed by atoms with Crippen molar-refractivity contribution >= 4 is 15.9 Å². The lowest BCUT2D eigenvalue weighted by Crippen LogP contribution is -1.99. The van der Waals surface area contributed by atoms with Crippen LogP contribution in [0.15, 0.2) is 18.2 Å². The van der Waals surface area contributed by atoms with Crippen molar-refractivity contribution in [3.63, 3.8) is 0 Å². The highest BCUT2D eigenvalue weighted by molar-refractivity contribution is 9.09. The van der Waals surface area contributed by atoms with E-state index in [2.05, 4.69) is 15.9 Å². The fraction of sp³-hybridized carbons (Fsp3) is 0.455. The van der Waals surface area contributed by atoms with Crippen molar-refractivity contribution in [2.24, 2.45) is 0 Å². The normalized spacial score (nSPS) is 10.2. The Kier molecular flexibility index (Phi) is 4.94. The van der Waals surface area contributed by atoms with Gasteiger partial charge in [0.25, 0.3) is 0 Å². The minimum atomic E-state index is -0.213. The Labute approximate surface area is 92.4 Å². The van der Waals surface area contributed by atoms with Crippen LogP contribution in [-0.4, -0.2) is 11.9 Å². The Morgan fingerprint density at radius 1 is 1.36 bits per heavy atom. The molecule has 1 aromatic rings. The zero-order chi connectivity index (χ0) is 10.4. The van der Waals surface area contributed by atoms with E-state index in [1.54, 1.807) is 6.07 Å². The first-order valence-electron chi connectivity index (χ1n) is 4.69. The van der Waals surface area contributed by atoms with E-state index in [1.165, 1.54) is 12.1 Å². The van der Waals surface area contributed by atoms with Crippen molar-refractivity contribution in [3.8, 4) is 5.75 Å². The molecule has 78 valence electrons. The lowest BCUT2D eigenvalue weighted by atomic mass is 10.2. The fourth-order valence-electron chi connectivity index (χ4n) is 1.15. The third-order valence-corrected chi connectivity index (χ3v) is 2.48. The second-order valence-corrected chi connectivity index (χ2v) is 3.95. The molecule has 0 amide bonds. The maximum atomic E-state index is 12.7. The van der Waals surface area contributed by atoms with E-state index >= 15 is 0 Å². The lowest BCUT2D eigenvalue weighted by Gasteiger charge is -2.08. The van der Waals surface area contributed by atoms with Crippen LogP contribution in [-0.2, 0) is 0 Å². The van der Waals surface area contributed by atoms with Gasteiger partial charge in [0.15, 0.2) is 0 Å². The van der Waals surface area contributed by atoms with Gasteiger partial charge in [0.1, 0.15) is 11.6 Å². The quantitative estimate of drug-likeness (QED) is 0.580. The van der Waals surface area contributed by atoms with Gasteiger partial charge in [0.05, 0.1) is 6.61 Å². The molecule has 0 unspecified atom stereocenters. The molecule has 0 aliphatic carbocycles. The van der Waals surface area contributed by atoms with E-state index in [0.29, 0.717) is 6.61 Å². The Morgan fingerprint density at radius 2 is 2.14 bits per heavy atom. The van der Waals surface area contributed by atoms with E-state index in [-0.39, 0.29) is 5.82 Å². The average Bonchev–Trinajstić information content (AvgIpc) is 2.15. The van der Waals surface area contributed by atoms with Crippen LogP contribution >= 0.6 is 15.9 Å². The Hall–Kier alpha value is -0.570. The summed E-state index contributed by atoms with van der Waals surface area (Å²) in [4.78, 5) is 0. The van der Waals surface area contributed by atoms with Crippen molar-refractivity contribution in [1.82, 2.24) is 0 Å². The van der Waals surface area contributed by atoms with Crippen molar-refractivity contribution in [3.05, 3.63) is 29.6 Å². The molecule has 0 aromatic heterocycles. The molecule has 0 fully saturated rings. The highest BCUT2D eigenvalue weighted by Gasteiger charge is 2.00. The Balaban J connectivity index is 2.42. The highest BCUT2D eigenvalue weighted by Crippen LogP contribution is 2.18. The van der Waals surface area contributed by atoms with Crippen molar-refractivity contribution in [1.29, 1.82) is 0 Å². The zero-order valence-corrected chi connectivity index (χ0v) is 9.81. The summed E-state index contributed by atoms with van der Waals surface area (Å²) in [6, 6.07) is 4.59.